The Kier molecular flexibility index (Phi) is 2.28. The summed E-state index contributed by atoms with van der Waals surface area (Å²) in [4.78, 5) is 2.23. The summed E-state index contributed by atoms with van der Waals surface area (Å²) in [5.41, 5.74) is 2.03. The van der Waals surface area contributed by atoms with Crippen LogP contribution in [-0.4, -0.2) is 30.8 Å². The highest BCUT2D eigenvalue weighted by Crippen LogP contribution is 2.50. The molecule has 4 heteroatoms. The zero-order valence-electron chi connectivity index (χ0n) is 9.20. The van der Waals surface area contributed by atoms with Crippen LogP contribution >= 0.6 is 15.9 Å². The van der Waals surface area contributed by atoms with Gasteiger partial charge >= 0.3 is 0 Å². The van der Waals surface area contributed by atoms with E-state index in [2.05, 4.69) is 33.2 Å². The average Bonchev–Trinajstić information content (AvgIpc) is 2.83. The van der Waals surface area contributed by atoms with E-state index >= 15 is 0 Å². The van der Waals surface area contributed by atoms with Gasteiger partial charge < -0.3 is 15.3 Å². The van der Waals surface area contributed by atoms with E-state index in [1.165, 1.54) is 0 Å². The minimum Gasteiger partial charge on any atom is -0.386 e. The predicted octanol–water partition coefficient (Wildman–Crippen LogP) is 1.66. The van der Waals surface area contributed by atoms with E-state index in [4.69, 9.17) is 0 Å². The number of rotatable bonds is 0. The van der Waals surface area contributed by atoms with Crippen molar-refractivity contribution in [2.45, 2.75) is 18.1 Å². The molecule has 2 heterocycles. The van der Waals surface area contributed by atoms with Crippen LogP contribution in [0.3, 0.4) is 0 Å². The summed E-state index contributed by atoms with van der Waals surface area (Å²) in [5.74, 6) is 0. The van der Waals surface area contributed by atoms with Crippen molar-refractivity contribution in [1.29, 1.82) is 0 Å². The molecule has 1 spiro atoms. The van der Waals surface area contributed by atoms with E-state index in [1.807, 2.05) is 18.2 Å². The van der Waals surface area contributed by atoms with Gasteiger partial charge in [0.25, 0.3) is 0 Å². The number of hydrogen-bond acceptors (Lipinski definition) is 3. The van der Waals surface area contributed by atoms with Crippen molar-refractivity contribution >= 4 is 21.6 Å². The van der Waals surface area contributed by atoms with E-state index in [0.29, 0.717) is 0 Å². The lowest BCUT2D eigenvalue weighted by Gasteiger charge is -2.35. The molecule has 2 N–H and O–H groups in total. The highest BCUT2D eigenvalue weighted by atomic mass is 79.9. The SMILES string of the molecule is CN1c2c(Br)cccc2C(O)C12CCNC2. The van der Waals surface area contributed by atoms with Gasteiger partial charge in [-0.3, -0.25) is 0 Å². The van der Waals surface area contributed by atoms with Crippen molar-refractivity contribution in [3.8, 4) is 0 Å². The molecule has 2 aliphatic heterocycles. The summed E-state index contributed by atoms with van der Waals surface area (Å²) < 4.78 is 1.07. The lowest BCUT2D eigenvalue weighted by Crippen LogP contribution is -2.48. The van der Waals surface area contributed by atoms with Crippen molar-refractivity contribution < 1.29 is 5.11 Å². The molecule has 0 radical (unpaired) electrons. The van der Waals surface area contributed by atoms with Crippen LogP contribution in [0.15, 0.2) is 22.7 Å². The fourth-order valence-electron chi connectivity index (χ4n) is 3.02. The minimum absolute atomic E-state index is 0.147. The summed E-state index contributed by atoms with van der Waals surface area (Å²) in [5, 5.41) is 13.9. The second-order valence-corrected chi connectivity index (χ2v) is 5.52. The van der Waals surface area contributed by atoms with E-state index in [0.717, 1.165) is 35.2 Å². The maximum atomic E-state index is 10.5. The van der Waals surface area contributed by atoms with Crippen LogP contribution in [0.4, 0.5) is 5.69 Å². The number of hydrogen-bond donors (Lipinski definition) is 2. The highest BCUT2D eigenvalue weighted by molar-refractivity contribution is 9.10. The number of anilines is 1. The first kappa shape index (κ1) is 10.6. The Morgan fingerprint density at radius 2 is 2.38 bits per heavy atom. The third-order valence-corrected chi connectivity index (χ3v) is 4.63. The third-order valence-electron chi connectivity index (χ3n) is 3.99. The molecule has 0 amide bonds. The fourth-order valence-corrected chi connectivity index (χ4v) is 3.67. The number of halogens is 1. The molecule has 3 nitrogen and oxygen atoms in total. The Labute approximate surface area is 104 Å². The summed E-state index contributed by atoms with van der Waals surface area (Å²) in [6.45, 7) is 1.83. The molecule has 2 unspecified atom stereocenters. The van der Waals surface area contributed by atoms with Gasteiger partial charge in [0.2, 0.25) is 0 Å². The number of aliphatic hydroxyl groups is 1. The lowest BCUT2D eigenvalue weighted by molar-refractivity contribution is 0.105. The second-order valence-electron chi connectivity index (χ2n) is 4.67. The Morgan fingerprint density at radius 3 is 3.00 bits per heavy atom. The molecule has 16 heavy (non-hydrogen) atoms. The van der Waals surface area contributed by atoms with Crippen LogP contribution in [0.5, 0.6) is 0 Å². The van der Waals surface area contributed by atoms with Gasteiger partial charge in [-0.1, -0.05) is 12.1 Å². The molecule has 0 aliphatic carbocycles. The molecule has 1 aromatic rings. The normalized spacial score (nSPS) is 32.4. The molecule has 0 aromatic heterocycles. The Hall–Kier alpha value is -0.580. The van der Waals surface area contributed by atoms with Crippen molar-refractivity contribution in [2.75, 3.05) is 25.0 Å². The topological polar surface area (TPSA) is 35.5 Å². The molecule has 3 rings (SSSR count). The first-order valence-electron chi connectivity index (χ1n) is 5.58. The Morgan fingerprint density at radius 1 is 1.56 bits per heavy atom. The zero-order chi connectivity index (χ0) is 11.3. The summed E-state index contributed by atoms with van der Waals surface area (Å²) in [6.07, 6.45) is 0.603. The van der Waals surface area contributed by atoms with Crippen molar-refractivity contribution in [1.82, 2.24) is 5.32 Å². The molecular weight excluding hydrogens is 268 g/mol. The van der Waals surface area contributed by atoms with Gasteiger partial charge in [-0.25, -0.2) is 0 Å². The summed E-state index contributed by atoms with van der Waals surface area (Å²) >= 11 is 3.57. The number of aliphatic hydroxyl groups excluding tert-OH is 1. The van der Waals surface area contributed by atoms with E-state index in [-0.39, 0.29) is 11.6 Å². The maximum absolute atomic E-state index is 10.5. The van der Waals surface area contributed by atoms with Crippen LogP contribution in [0.2, 0.25) is 0 Å². The third kappa shape index (κ3) is 1.15. The number of nitrogens with one attached hydrogen (secondary N) is 1. The summed E-state index contributed by atoms with van der Waals surface area (Å²) in [6, 6.07) is 6.04. The molecule has 2 aliphatic rings. The van der Waals surface area contributed by atoms with Gasteiger partial charge in [0.15, 0.2) is 0 Å². The van der Waals surface area contributed by atoms with Gasteiger partial charge in [0, 0.05) is 23.6 Å². The largest absolute Gasteiger partial charge is 0.386 e. The minimum atomic E-state index is -0.389. The zero-order valence-corrected chi connectivity index (χ0v) is 10.8. The predicted molar refractivity (Wildman–Crippen MR) is 67.7 cm³/mol. The highest BCUT2D eigenvalue weighted by Gasteiger charge is 2.51. The standard InChI is InChI=1S/C12H15BrN2O/c1-15-10-8(3-2-4-9(10)13)11(16)12(15)5-6-14-7-12/h2-4,11,14,16H,5-7H2,1H3. The molecular formula is C12H15BrN2O. The quantitative estimate of drug-likeness (QED) is 0.760. The Bertz CT molecular complexity index is 429. The molecule has 0 bridgehead atoms. The molecule has 0 saturated carbocycles. The van der Waals surface area contributed by atoms with E-state index < -0.39 is 0 Å². The van der Waals surface area contributed by atoms with Gasteiger partial charge in [0.05, 0.1) is 11.2 Å². The van der Waals surface area contributed by atoms with Gasteiger partial charge in [-0.15, -0.1) is 0 Å². The van der Waals surface area contributed by atoms with Crippen molar-refractivity contribution in [3.05, 3.63) is 28.2 Å². The number of para-hydroxylation sites is 1. The first-order valence-corrected chi connectivity index (χ1v) is 6.37. The van der Waals surface area contributed by atoms with Crippen LogP contribution in [-0.2, 0) is 0 Å². The molecule has 86 valence electrons. The van der Waals surface area contributed by atoms with E-state index in [1.54, 1.807) is 0 Å². The van der Waals surface area contributed by atoms with Crippen molar-refractivity contribution in [2.24, 2.45) is 0 Å². The van der Waals surface area contributed by atoms with Crippen LogP contribution < -0.4 is 10.2 Å². The van der Waals surface area contributed by atoms with Gasteiger partial charge in [-0.05, 0) is 35.0 Å². The van der Waals surface area contributed by atoms with Crippen LogP contribution in [0.25, 0.3) is 0 Å². The maximum Gasteiger partial charge on any atom is 0.105 e. The fraction of sp³-hybridized carbons (Fsp3) is 0.500. The van der Waals surface area contributed by atoms with Crippen LogP contribution in [0.1, 0.15) is 18.1 Å². The van der Waals surface area contributed by atoms with Crippen LogP contribution in [0, 0.1) is 0 Å². The lowest BCUT2D eigenvalue weighted by atomic mass is 9.90. The molecule has 1 aromatic carbocycles. The second kappa shape index (κ2) is 3.45. The number of likely N-dealkylation sites (N-methyl/N-ethyl adjacent to an activating group) is 1. The molecule has 1 fully saturated rings. The number of benzene rings is 1. The van der Waals surface area contributed by atoms with E-state index in [9.17, 15) is 5.11 Å². The first-order chi connectivity index (χ1) is 7.67. The molecule has 2 atom stereocenters. The van der Waals surface area contributed by atoms with Gasteiger partial charge in [0.1, 0.15) is 6.10 Å². The average molecular weight is 283 g/mol. The smallest absolute Gasteiger partial charge is 0.105 e. The number of fused-ring (bicyclic) bond motifs is 1. The summed E-state index contributed by atoms with van der Waals surface area (Å²) in [7, 11) is 2.08. The van der Waals surface area contributed by atoms with Gasteiger partial charge in [-0.2, -0.15) is 0 Å². The number of nitrogens with zero attached hydrogens (tertiary/aromatic N) is 1. The molecule has 1 saturated heterocycles. The monoisotopic (exact) mass is 282 g/mol. The Balaban J connectivity index is 2.16. The van der Waals surface area contributed by atoms with Crippen molar-refractivity contribution in [3.63, 3.8) is 0 Å².